The summed E-state index contributed by atoms with van der Waals surface area (Å²) in [4.78, 5) is 11.9. The van der Waals surface area contributed by atoms with Crippen molar-refractivity contribution in [2.45, 2.75) is 32.7 Å². The maximum absolute atomic E-state index is 4.76. The van der Waals surface area contributed by atoms with E-state index in [9.17, 15) is 0 Å². The monoisotopic (exact) mass is 331 g/mol. The van der Waals surface area contributed by atoms with Gasteiger partial charge in [0.25, 0.3) is 5.78 Å². The number of hydrogen-bond acceptors (Lipinski definition) is 7. The van der Waals surface area contributed by atoms with Crippen LogP contribution in [0.15, 0.2) is 0 Å². The van der Waals surface area contributed by atoms with Crippen molar-refractivity contribution in [3.05, 3.63) is 10.4 Å². The van der Waals surface area contributed by atoms with Gasteiger partial charge in [0, 0.05) is 31.6 Å². The summed E-state index contributed by atoms with van der Waals surface area (Å²) in [5.74, 6) is 1.61. The molecule has 0 aromatic carbocycles. The SMILES string of the molecule is CCCCN(C)c1nc2nnnn2c2sc3c(c12)CCN(C)C3. The fourth-order valence-electron chi connectivity index (χ4n) is 3.21. The summed E-state index contributed by atoms with van der Waals surface area (Å²) >= 11 is 1.81. The quantitative estimate of drug-likeness (QED) is 0.728. The molecule has 1 aliphatic rings. The zero-order valence-electron chi connectivity index (χ0n) is 13.8. The molecule has 3 aromatic rings. The van der Waals surface area contributed by atoms with Crippen LogP contribution in [0.3, 0.4) is 0 Å². The molecule has 3 aromatic heterocycles. The van der Waals surface area contributed by atoms with Gasteiger partial charge < -0.3 is 9.80 Å². The molecule has 0 saturated heterocycles. The average molecular weight is 331 g/mol. The topological polar surface area (TPSA) is 62.5 Å². The number of likely N-dealkylation sites (N-methyl/N-ethyl adjacent to an activating group) is 1. The summed E-state index contributed by atoms with van der Waals surface area (Å²) in [6, 6.07) is 0. The van der Waals surface area contributed by atoms with Gasteiger partial charge in [-0.25, -0.2) is 0 Å². The molecule has 0 saturated carbocycles. The zero-order chi connectivity index (χ0) is 16.0. The molecule has 122 valence electrons. The van der Waals surface area contributed by atoms with Crippen LogP contribution in [0.1, 0.15) is 30.2 Å². The van der Waals surface area contributed by atoms with Gasteiger partial charge in [0.1, 0.15) is 10.6 Å². The van der Waals surface area contributed by atoms with Gasteiger partial charge in [0.05, 0.1) is 5.39 Å². The molecular weight excluding hydrogens is 310 g/mol. The van der Waals surface area contributed by atoms with Crippen molar-refractivity contribution in [3.8, 4) is 0 Å². The standard InChI is InChI=1S/C15H21N7S/c1-4-5-7-21(3)13-12-10-6-8-20(2)9-11(10)23-14(12)22-15(16-13)17-18-19-22/h4-9H2,1-3H3. The number of unbranched alkanes of at least 4 members (excludes halogenated alkanes) is 1. The first-order valence-electron chi connectivity index (χ1n) is 8.11. The first-order chi connectivity index (χ1) is 11.2. The number of anilines is 1. The van der Waals surface area contributed by atoms with Crippen molar-refractivity contribution in [2.24, 2.45) is 0 Å². The lowest BCUT2D eigenvalue weighted by Crippen LogP contribution is -2.26. The Hall–Kier alpha value is -1.80. The molecule has 23 heavy (non-hydrogen) atoms. The molecular formula is C15H21N7S. The van der Waals surface area contributed by atoms with Crippen LogP contribution in [0.4, 0.5) is 5.82 Å². The molecule has 4 rings (SSSR count). The van der Waals surface area contributed by atoms with Crippen LogP contribution in [0.2, 0.25) is 0 Å². The minimum atomic E-state index is 0.586. The van der Waals surface area contributed by atoms with Crippen LogP contribution < -0.4 is 4.90 Å². The van der Waals surface area contributed by atoms with Gasteiger partial charge in [0.15, 0.2) is 0 Å². The molecule has 0 aliphatic carbocycles. The normalized spacial score (nSPS) is 15.4. The minimum Gasteiger partial charge on any atom is -0.359 e. The van der Waals surface area contributed by atoms with Crippen molar-refractivity contribution >= 4 is 33.1 Å². The van der Waals surface area contributed by atoms with Gasteiger partial charge in [-0.2, -0.15) is 9.50 Å². The van der Waals surface area contributed by atoms with E-state index in [1.54, 1.807) is 15.9 Å². The molecule has 0 atom stereocenters. The molecule has 0 fully saturated rings. The third kappa shape index (κ3) is 2.36. The number of thiophene rings is 1. The predicted octanol–water partition coefficient (Wildman–Crippen LogP) is 1.96. The lowest BCUT2D eigenvalue weighted by atomic mass is 10.1. The lowest BCUT2D eigenvalue weighted by molar-refractivity contribution is 0.318. The van der Waals surface area contributed by atoms with Crippen molar-refractivity contribution < 1.29 is 0 Å². The van der Waals surface area contributed by atoms with E-state index in [1.165, 1.54) is 22.2 Å². The molecule has 0 radical (unpaired) electrons. The highest BCUT2D eigenvalue weighted by atomic mass is 32.1. The second kappa shape index (κ2) is 5.68. The maximum Gasteiger partial charge on any atom is 0.276 e. The smallest absolute Gasteiger partial charge is 0.276 e. The zero-order valence-corrected chi connectivity index (χ0v) is 14.6. The highest BCUT2D eigenvalue weighted by molar-refractivity contribution is 7.19. The second-order valence-electron chi connectivity index (χ2n) is 6.27. The second-order valence-corrected chi connectivity index (χ2v) is 7.36. The summed E-state index contributed by atoms with van der Waals surface area (Å²) in [5, 5.41) is 13.3. The highest BCUT2D eigenvalue weighted by Gasteiger charge is 2.25. The number of nitrogens with zero attached hydrogens (tertiary/aromatic N) is 7. The molecule has 1 aliphatic heterocycles. The lowest BCUT2D eigenvalue weighted by Gasteiger charge is -2.23. The van der Waals surface area contributed by atoms with Crippen molar-refractivity contribution in [1.29, 1.82) is 0 Å². The highest BCUT2D eigenvalue weighted by Crippen LogP contribution is 2.39. The molecule has 4 heterocycles. The van der Waals surface area contributed by atoms with Crippen molar-refractivity contribution in [2.75, 3.05) is 32.1 Å². The van der Waals surface area contributed by atoms with E-state index < -0.39 is 0 Å². The predicted molar refractivity (Wildman–Crippen MR) is 92.2 cm³/mol. The summed E-state index contributed by atoms with van der Waals surface area (Å²) in [6.07, 6.45) is 3.40. The Morgan fingerprint density at radius 1 is 1.35 bits per heavy atom. The fraction of sp³-hybridized carbons (Fsp3) is 0.600. The van der Waals surface area contributed by atoms with Crippen LogP contribution in [0.25, 0.3) is 16.0 Å². The molecule has 0 spiro atoms. The molecule has 8 heteroatoms. The Balaban J connectivity index is 1.95. The largest absolute Gasteiger partial charge is 0.359 e. The van der Waals surface area contributed by atoms with Crippen molar-refractivity contribution in [1.82, 2.24) is 29.9 Å². The Morgan fingerprint density at radius 2 is 2.22 bits per heavy atom. The summed E-state index contributed by atoms with van der Waals surface area (Å²) < 4.78 is 1.79. The number of rotatable bonds is 4. The Kier molecular flexibility index (Phi) is 3.65. The number of aromatic nitrogens is 5. The first kappa shape index (κ1) is 14.8. The van der Waals surface area contributed by atoms with Gasteiger partial charge in [-0.1, -0.05) is 18.4 Å². The first-order valence-corrected chi connectivity index (χ1v) is 8.92. The van der Waals surface area contributed by atoms with Gasteiger partial charge in [-0.3, -0.25) is 0 Å². The van der Waals surface area contributed by atoms with E-state index in [2.05, 4.69) is 46.3 Å². The number of fused-ring (bicyclic) bond motifs is 5. The Labute approximate surface area is 138 Å². The molecule has 0 amide bonds. The van der Waals surface area contributed by atoms with Gasteiger partial charge in [-0.15, -0.1) is 11.3 Å². The molecule has 7 nitrogen and oxygen atoms in total. The van der Waals surface area contributed by atoms with E-state index in [1.807, 2.05) is 0 Å². The summed E-state index contributed by atoms with van der Waals surface area (Å²) in [7, 11) is 4.29. The van der Waals surface area contributed by atoms with Gasteiger partial charge in [0.2, 0.25) is 0 Å². The summed E-state index contributed by atoms with van der Waals surface area (Å²) in [5.41, 5.74) is 1.44. The van der Waals surface area contributed by atoms with E-state index in [4.69, 9.17) is 4.98 Å². The van der Waals surface area contributed by atoms with Gasteiger partial charge >= 0.3 is 0 Å². The van der Waals surface area contributed by atoms with E-state index in [0.717, 1.165) is 43.1 Å². The summed E-state index contributed by atoms with van der Waals surface area (Å²) in [6.45, 7) is 5.30. The van der Waals surface area contributed by atoms with Crippen LogP contribution in [-0.4, -0.2) is 57.1 Å². The molecule has 0 bridgehead atoms. The average Bonchev–Trinajstić information content (AvgIpc) is 3.14. The number of hydrogen-bond donors (Lipinski definition) is 0. The van der Waals surface area contributed by atoms with Crippen LogP contribution in [-0.2, 0) is 13.0 Å². The Morgan fingerprint density at radius 3 is 3.04 bits per heavy atom. The van der Waals surface area contributed by atoms with E-state index in [0.29, 0.717) is 5.78 Å². The fourth-order valence-corrected chi connectivity index (χ4v) is 4.57. The molecule has 0 N–H and O–H groups in total. The maximum atomic E-state index is 4.76. The van der Waals surface area contributed by atoms with Crippen LogP contribution in [0, 0.1) is 0 Å². The van der Waals surface area contributed by atoms with E-state index in [-0.39, 0.29) is 0 Å². The third-order valence-electron chi connectivity index (χ3n) is 4.51. The minimum absolute atomic E-state index is 0.586. The van der Waals surface area contributed by atoms with E-state index >= 15 is 0 Å². The number of tetrazole rings is 1. The van der Waals surface area contributed by atoms with Crippen LogP contribution in [0.5, 0.6) is 0 Å². The third-order valence-corrected chi connectivity index (χ3v) is 5.71. The molecule has 0 unspecified atom stereocenters. The van der Waals surface area contributed by atoms with Crippen molar-refractivity contribution in [3.63, 3.8) is 0 Å². The van der Waals surface area contributed by atoms with Gasteiger partial charge in [-0.05, 0) is 35.9 Å². The Bertz CT molecular complexity index is 852. The van der Waals surface area contributed by atoms with Crippen LogP contribution >= 0.6 is 11.3 Å².